The zero-order valence-corrected chi connectivity index (χ0v) is 9.19. The SMILES string of the molecule is C/C=C\C/C(S)=C\CC/C=C\S. The molecule has 68 valence electrons. The molecule has 2 heteroatoms. The third-order valence-corrected chi connectivity index (χ3v) is 1.96. The Labute approximate surface area is 86.3 Å². The summed E-state index contributed by atoms with van der Waals surface area (Å²) in [6.07, 6.45) is 11.4. The molecule has 0 N–H and O–H groups in total. The van der Waals surface area contributed by atoms with Crippen LogP contribution in [0.25, 0.3) is 0 Å². The van der Waals surface area contributed by atoms with Crippen LogP contribution in [-0.4, -0.2) is 0 Å². The minimum atomic E-state index is 0.949. The lowest BCUT2D eigenvalue weighted by Gasteiger charge is -1.93. The lowest BCUT2D eigenvalue weighted by molar-refractivity contribution is 1.04. The van der Waals surface area contributed by atoms with Crippen molar-refractivity contribution < 1.29 is 0 Å². The van der Waals surface area contributed by atoms with E-state index in [-0.39, 0.29) is 0 Å². The first-order valence-electron chi connectivity index (χ1n) is 4.09. The Morgan fingerprint density at radius 1 is 1.25 bits per heavy atom. The zero-order chi connectivity index (χ0) is 9.23. The van der Waals surface area contributed by atoms with Gasteiger partial charge in [0.1, 0.15) is 0 Å². The molecule has 0 amide bonds. The van der Waals surface area contributed by atoms with Gasteiger partial charge < -0.3 is 0 Å². The summed E-state index contributed by atoms with van der Waals surface area (Å²) < 4.78 is 0. The first kappa shape index (κ1) is 11.9. The normalized spacial score (nSPS) is 13.4. The van der Waals surface area contributed by atoms with Crippen LogP contribution in [-0.2, 0) is 0 Å². The average molecular weight is 200 g/mol. The predicted molar refractivity (Wildman–Crippen MR) is 63.9 cm³/mol. The topological polar surface area (TPSA) is 0 Å². The van der Waals surface area contributed by atoms with Gasteiger partial charge in [0.25, 0.3) is 0 Å². The Bertz CT molecular complexity index is 178. The van der Waals surface area contributed by atoms with Crippen LogP contribution < -0.4 is 0 Å². The van der Waals surface area contributed by atoms with Crippen LogP contribution in [0.2, 0.25) is 0 Å². The third kappa shape index (κ3) is 8.02. The van der Waals surface area contributed by atoms with Crippen molar-refractivity contribution in [3.05, 3.63) is 34.6 Å². The van der Waals surface area contributed by atoms with E-state index in [1.165, 1.54) is 0 Å². The van der Waals surface area contributed by atoms with E-state index in [9.17, 15) is 0 Å². The zero-order valence-electron chi connectivity index (χ0n) is 7.40. The molecular weight excluding hydrogens is 184 g/mol. The summed E-state index contributed by atoms with van der Waals surface area (Å²) in [7, 11) is 0. The highest BCUT2D eigenvalue weighted by Crippen LogP contribution is 2.09. The van der Waals surface area contributed by atoms with E-state index in [0.29, 0.717) is 0 Å². The molecular formula is C10H16S2. The Kier molecular flexibility index (Phi) is 8.95. The molecule has 0 radical (unpaired) electrons. The van der Waals surface area contributed by atoms with E-state index in [1.807, 2.05) is 19.1 Å². The van der Waals surface area contributed by atoms with Gasteiger partial charge in [0.2, 0.25) is 0 Å². The number of hydrogen-bond acceptors (Lipinski definition) is 2. The molecule has 0 rings (SSSR count). The van der Waals surface area contributed by atoms with Crippen molar-refractivity contribution in [2.75, 3.05) is 0 Å². The van der Waals surface area contributed by atoms with E-state index in [4.69, 9.17) is 0 Å². The molecule has 0 heterocycles. The molecule has 0 unspecified atom stereocenters. The average Bonchev–Trinajstić information content (AvgIpc) is 2.09. The Balaban J connectivity index is 3.54. The fourth-order valence-corrected chi connectivity index (χ4v) is 1.13. The summed E-state index contributed by atoms with van der Waals surface area (Å²) in [6, 6.07) is 0. The van der Waals surface area contributed by atoms with Gasteiger partial charge >= 0.3 is 0 Å². The van der Waals surface area contributed by atoms with Crippen molar-refractivity contribution in [2.24, 2.45) is 0 Å². The van der Waals surface area contributed by atoms with Crippen molar-refractivity contribution in [3.8, 4) is 0 Å². The lowest BCUT2D eigenvalue weighted by Crippen LogP contribution is -1.70. The second kappa shape index (κ2) is 9.01. The number of allylic oxidation sites excluding steroid dienone is 5. The van der Waals surface area contributed by atoms with E-state index in [2.05, 4.69) is 37.4 Å². The maximum atomic E-state index is 4.33. The molecule has 0 fully saturated rings. The molecule has 12 heavy (non-hydrogen) atoms. The van der Waals surface area contributed by atoms with Crippen LogP contribution in [0.4, 0.5) is 0 Å². The molecule has 0 atom stereocenters. The lowest BCUT2D eigenvalue weighted by atomic mass is 10.2. The quantitative estimate of drug-likeness (QED) is 0.374. The molecule has 0 aliphatic heterocycles. The summed E-state index contributed by atoms with van der Waals surface area (Å²) in [4.78, 5) is 1.14. The minimum absolute atomic E-state index is 0.949. The number of thiol groups is 2. The number of unbranched alkanes of at least 4 members (excludes halogenated alkanes) is 1. The maximum absolute atomic E-state index is 4.33. The predicted octanol–water partition coefficient (Wildman–Crippen LogP) is 3.99. The molecule has 0 aromatic heterocycles. The van der Waals surface area contributed by atoms with Crippen LogP contribution in [0, 0.1) is 0 Å². The fraction of sp³-hybridized carbons (Fsp3) is 0.400. The van der Waals surface area contributed by atoms with Crippen molar-refractivity contribution >= 4 is 25.3 Å². The van der Waals surface area contributed by atoms with E-state index >= 15 is 0 Å². The minimum Gasteiger partial charge on any atom is -0.152 e. The smallest absolute Gasteiger partial charge is 0.00431 e. The summed E-state index contributed by atoms with van der Waals surface area (Å²) in [5, 5.41) is 1.78. The molecule has 0 aromatic rings. The summed E-state index contributed by atoms with van der Waals surface area (Å²) in [5.74, 6) is 0. The van der Waals surface area contributed by atoms with Gasteiger partial charge in [0.05, 0.1) is 0 Å². The standard InChI is InChI=1S/C10H16S2/c1-2-3-7-10(12)8-5-4-6-9-11/h2-3,6,8-9,11-12H,4-5,7H2,1H3/b3-2-,9-6-,10-8+. The summed E-state index contributed by atoms with van der Waals surface area (Å²) >= 11 is 8.30. The maximum Gasteiger partial charge on any atom is -0.00431 e. The van der Waals surface area contributed by atoms with E-state index in [0.717, 1.165) is 24.2 Å². The van der Waals surface area contributed by atoms with Gasteiger partial charge in [-0.25, -0.2) is 0 Å². The van der Waals surface area contributed by atoms with Crippen LogP contribution in [0.3, 0.4) is 0 Å². The molecule has 0 aromatic carbocycles. The van der Waals surface area contributed by atoms with Crippen LogP contribution >= 0.6 is 25.3 Å². The highest BCUT2D eigenvalue weighted by atomic mass is 32.1. The summed E-state index contributed by atoms with van der Waals surface area (Å²) in [6.45, 7) is 2.02. The molecule has 0 bridgehead atoms. The molecule has 0 aliphatic carbocycles. The second-order valence-electron chi connectivity index (χ2n) is 2.43. The van der Waals surface area contributed by atoms with Crippen molar-refractivity contribution in [1.29, 1.82) is 0 Å². The highest BCUT2D eigenvalue weighted by Gasteiger charge is 1.84. The highest BCUT2D eigenvalue weighted by molar-refractivity contribution is 7.84. The van der Waals surface area contributed by atoms with Crippen LogP contribution in [0.1, 0.15) is 26.2 Å². The molecule has 0 saturated heterocycles. The molecule has 0 saturated carbocycles. The van der Waals surface area contributed by atoms with Crippen molar-refractivity contribution in [3.63, 3.8) is 0 Å². The van der Waals surface area contributed by atoms with Gasteiger partial charge in [-0.05, 0) is 36.5 Å². The Morgan fingerprint density at radius 2 is 2.00 bits per heavy atom. The van der Waals surface area contributed by atoms with Gasteiger partial charge in [-0.3, -0.25) is 0 Å². The van der Waals surface area contributed by atoms with Crippen molar-refractivity contribution in [1.82, 2.24) is 0 Å². The fourth-order valence-electron chi connectivity index (χ4n) is 0.743. The van der Waals surface area contributed by atoms with E-state index < -0.39 is 0 Å². The van der Waals surface area contributed by atoms with Crippen molar-refractivity contribution in [2.45, 2.75) is 26.2 Å². The van der Waals surface area contributed by atoms with Crippen LogP contribution in [0.5, 0.6) is 0 Å². The van der Waals surface area contributed by atoms with Gasteiger partial charge in [-0.2, -0.15) is 12.6 Å². The second-order valence-corrected chi connectivity index (χ2v) is 3.30. The monoisotopic (exact) mass is 200 g/mol. The van der Waals surface area contributed by atoms with E-state index in [1.54, 1.807) is 5.41 Å². The first-order chi connectivity index (χ1) is 5.81. The van der Waals surface area contributed by atoms with Gasteiger partial charge in [-0.1, -0.05) is 24.3 Å². The van der Waals surface area contributed by atoms with Gasteiger partial charge in [0, 0.05) is 0 Å². The Hall–Kier alpha value is -0.0800. The molecule has 0 aliphatic rings. The molecule has 0 spiro atoms. The number of rotatable bonds is 5. The molecule has 0 nitrogen and oxygen atoms in total. The van der Waals surface area contributed by atoms with Crippen LogP contribution in [0.15, 0.2) is 34.6 Å². The van der Waals surface area contributed by atoms with Gasteiger partial charge in [-0.15, -0.1) is 12.6 Å². The largest absolute Gasteiger partial charge is 0.152 e. The first-order valence-corrected chi connectivity index (χ1v) is 5.06. The number of hydrogen-bond donors (Lipinski definition) is 2. The Morgan fingerprint density at radius 3 is 2.58 bits per heavy atom. The third-order valence-electron chi connectivity index (χ3n) is 1.38. The summed E-state index contributed by atoms with van der Waals surface area (Å²) in [5.41, 5.74) is 0. The van der Waals surface area contributed by atoms with Gasteiger partial charge in [0.15, 0.2) is 0 Å².